The molecular formula is C22H23N3O4. The van der Waals surface area contributed by atoms with Gasteiger partial charge in [-0.3, -0.25) is 14.2 Å². The summed E-state index contributed by atoms with van der Waals surface area (Å²) in [5.74, 6) is 1.16. The molecule has 3 rings (SSSR count). The lowest BCUT2D eigenvalue weighted by Crippen LogP contribution is -2.33. The van der Waals surface area contributed by atoms with Gasteiger partial charge in [0.1, 0.15) is 11.5 Å². The lowest BCUT2D eigenvalue weighted by molar-refractivity contribution is -0.123. The maximum absolute atomic E-state index is 12.3. The minimum atomic E-state index is -0.249. The van der Waals surface area contributed by atoms with Crippen molar-refractivity contribution in [1.82, 2.24) is 14.9 Å². The number of amides is 1. The topological polar surface area (TPSA) is 82.5 Å². The number of nitrogens with zero attached hydrogens (tertiary/aromatic N) is 2. The Balaban J connectivity index is 1.50. The van der Waals surface area contributed by atoms with Crippen LogP contribution in [0.1, 0.15) is 6.92 Å². The number of rotatable bonds is 9. The zero-order chi connectivity index (χ0) is 20.5. The molecule has 0 fully saturated rings. The van der Waals surface area contributed by atoms with Gasteiger partial charge in [0, 0.05) is 24.7 Å². The zero-order valence-corrected chi connectivity index (χ0v) is 16.2. The van der Waals surface area contributed by atoms with Crippen molar-refractivity contribution < 1.29 is 14.3 Å². The van der Waals surface area contributed by atoms with E-state index in [0.29, 0.717) is 31.1 Å². The van der Waals surface area contributed by atoms with E-state index in [1.54, 1.807) is 12.1 Å². The molecule has 0 radical (unpaired) electrons. The number of carbonyl (C=O) groups is 1. The molecule has 1 N–H and O–H groups in total. The van der Waals surface area contributed by atoms with Crippen molar-refractivity contribution >= 4 is 5.91 Å². The number of ether oxygens (including phenoxy) is 2. The summed E-state index contributed by atoms with van der Waals surface area (Å²) in [6.07, 6.45) is 1.49. The Morgan fingerprint density at radius 3 is 2.45 bits per heavy atom. The Bertz CT molecular complexity index is 985. The lowest BCUT2D eigenvalue weighted by atomic mass is 10.1. The van der Waals surface area contributed by atoms with E-state index >= 15 is 0 Å². The predicted octanol–water partition coefficient (Wildman–Crippen LogP) is 2.50. The third kappa shape index (κ3) is 5.93. The molecule has 0 atom stereocenters. The monoisotopic (exact) mass is 393 g/mol. The molecule has 1 amide bonds. The van der Waals surface area contributed by atoms with Crippen LogP contribution in [0.2, 0.25) is 0 Å². The van der Waals surface area contributed by atoms with Crippen molar-refractivity contribution in [2.45, 2.75) is 13.5 Å². The van der Waals surface area contributed by atoms with Crippen molar-refractivity contribution in [3.8, 4) is 22.8 Å². The van der Waals surface area contributed by atoms with Crippen LogP contribution in [0.5, 0.6) is 11.5 Å². The summed E-state index contributed by atoms with van der Waals surface area (Å²) in [6, 6.07) is 18.0. The fourth-order valence-electron chi connectivity index (χ4n) is 2.67. The molecule has 0 aliphatic carbocycles. The van der Waals surface area contributed by atoms with E-state index in [9.17, 15) is 9.59 Å². The SMILES string of the molecule is CCOc1ccc(-c2cc(=O)n(CCNC(=O)COc3ccccc3)cn2)cc1. The molecule has 0 saturated carbocycles. The van der Waals surface area contributed by atoms with Crippen molar-refractivity contribution in [2.24, 2.45) is 0 Å². The van der Waals surface area contributed by atoms with Crippen LogP contribution in [-0.2, 0) is 11.3 Å². The maximum Gasteiger partial charge on any atom is 0.258 e. The second-order valence-corrected chi connectivity index (χ2v) is 6.21. The van der Waals surface area contributed by atoms with Crippen LogP contribution in [-0.4, -0.2) is 35.2 Å². The van der Waals surface area contributed by atoms with Gasteiger partial charge in [0.2, 0.25) is 0 Å². The van der Waals surface area contributed by atoms with Crippen LogP contribution < -0.4 is 20.3 Å². The van der Waals surface area contributed by atoms with Gasteiger partial charge in [0.05, 0.1) is 18.6 Å². The number of carbonyl (C=O) groups excluding carboxylic acids is 1. The quantitative estimate of drug-likeness (QED) is 0.604. The van der Waals surface area contributed by atoms with Crippen molar-refractivity contribution in [2.75, 3.05) is 19.8 Å². The average Bonchev–Trinajstić information content (AvgIpc) is 2.75. The highest BCUT2D eigenvalue weighted by Gasteiger charge is 2.06. The van der Waals surface area contributed by atoms with Crippen LogP contribution in [0.25, 0.3) is 11.3 Å². The summed E-state index contributed by atoms with van der Waals surface area (Å²) in [7, 11) is 0. The summed E-state index contributed by atoms with van der Waals surface area (Å²) < 4.78 is 12.3. The summed E-state index contributed by atoms with van der Waals surface area (Å²) >= 11 is 0. The van der Waals surface area contributed by atoms with E-state index in [4.69, 9.17) is 9.47 Å². The second kappa shape index (κ2) is 10.1. The number of aromatic nitrogens is 2. The van der Waals surface area contributed by atoms with E-state index in [-0.39, 0.29) is 18.1 Å². The maximum atomic E-state index is 12.3. The van der Waals surface area contributed by atoms with Crippen molar-refractivity contribution in [3.63, 3.8) is 0 Å². The first-order chi connectivity index (χ1) is 14.2. The van der Waals surface area contributed by atoms with Crippen LogP contribution in [0.4, 0.5) is 0 Å². The van der Waals surface area contributed by atoms with E-state index in [1.165, 1.54) is 17.0 Å². The smallest absolute Gasteiger partial charge is 0.258 e. The number of hydrogen-bond donors (Lipinski definition) is 1. The Morgan fingerprint density at radius 1 is 1.03 bits per heavy atom. The van der Waals surface area contributed by atoms with Gasteiger partial charge in [-0.1, -0.05) is 18.2 Å². The van der Waals surface area contributed by atoms with Crippen molar-refractivity contribution in [3.05, 3.63) is 77.3 Å². The minimum Gasteiger partial charge on any atom is -0.494 e. The Morgan fingerprint density at radius 2 is 1.76 bits per heavy atom. The van der Waals surface area contributed by atoms with E-state index in [1.807, 2.05) is 49.4 Å². The number of para-hydroxylation sites is 1. The number of nitrogens with one attached hydrogen (secondary N) is 1. The molecule has 7 heteroatoms. The molecule has 1 aromatic heterocycles. The van der Waals surface area contributed by atoms with Crippen molar-refractivity contribution in [1.29, 1.82) is 0 Å². The standard InChI is InChI=1S/C22H23N3O4/c1-2-28-19-10-8-17(9-11-19)20-14-22(27)25(16-24-20)13-12-23-21(26)15-29-18-6-4-3-5-7-18/h3-11,14,16H,2,12-13,15H2,1H3,(H,23,26). The Kier molecular flexibility index (Phi) is 7.00. The molecule has 0 unspecified atom stereocenters. The molecule has 7 nitrogen and oxygen atoms in total. The third-order valence-corrected chi connectivity index (χ3v) is 4.13. The summed E-state index contributed by atoms with van der Waals surface area (Å²) in [5, 5.41) is 2.73. The van der Waals surface area contributed by atoms with Crippen LogP contribution in [0.3, 0.4) is 0 Å². The Hall–Kier alpha value is -3.61. The van der Waals surface area contributed by atoms with Gasteiger partial charge in [-0.25, -0.2) is 4.98 Å². The van der Waals surface area contributed by atoms with Crippen LogP contribution in [0, 0.1) is 0 Å². The molecule has 0 aliphatic rings. The van der Waals surface area contributed by atoms with Gasteiger partial charge in [0.15, 0.2) is 6.61 Å². The fourth-order valence-corrected chi connectivity index (χ4v) is 2.67. The van der Waals surface area contributed by atoms with Crippen LogP contribution in [0.15, 0.2) is 71.8 Å². The molecule has 0 bridgehead atoms. The molecule has 29 heavy (non-hydrogen) atoms. The molecule has 150 valence electrons. The summed E-state index contributed by atoms with van der Waals surface area (Å²) in [6.45, 7) is 3.08. The molecule has 1 heterocycles. The average molecular weight is 393 g/mol. The van der Waals surface area contributed by atoms with Gasteiger partial charge < -0.3 is 14.8 Å². The zero-order valence-electron chi connectivity index (χ0n) is 16.2. The molecular weight excluding hydrogens is 370 g/mol. The summed E-state index contributed by atoms with van der Waals surface area (Å²) in [4.78, 5) is 28.5. The predicted molar refractivity (Wildman–Crippen MR) is 110 cm³/mol. The van der Waals surface area contributed by atoms with E-state index in [2.05, 4.69) is 10.3 Å². The molecule has 0 saturated heterocycles. The highest BCUT2D eigenvalue weighted by molar-refractivity contribution is 5.77. The second-order valence-electron chi connectivity index (χ2n) is 6.21. The van der Waals surface area contributed by atoms with Gasteiger partial charge >= 0.3 is 0 Å². The van der Waals surface area contributed by atoms with Gasteiger partial charge in [0.25, 0.3) is 11.5 Å². The Labute approximate surface area is 168 Å². The fraction of sp³-hybridized carbons (Fsp3) is 0.227. The van der Waals surface area contributed by atoms with Gasteiger partial charge in [-0.15, -0.1) is 0 Å². The van der Waals surface area contributed by atoms with Crippen LogP contribution >= 0.6 is 0 Å². The van der Waals surface area contributed by atoms with E-state index in [0.717, 1.165) is 11.3 Å². The first-order valence-corrected chi connectivity index (χ1v) is 9.40. The number of hydrogen-bond acceptors (Lipinski definition) is 5. The van der Waals surface area contributed by atoms with Gasteiger partial charge in [-0.05, 0) is 43.3 Å². The normalized spacial score (nSPS) is 10.4. The number of benzene rings is 2. The lowest BCUT2D eigenvalue weighted by Gasteiger charge is -2.09. The first-order valence-electron chi connectivity index (χ1n) is 9.40. The van der Waals surface area contributed by atoms with E-state index < -0.39 is 0 Å². The van der Waals surface area contributed by atoms with Gasteiger partial charge in [-0.2, -0.15) is 0 Å². The molecule has 2 aromatic carbocycles. The first kappa shape index (κ1) is 20.1. The molecule has 3 aromatic rings. The third-order valence-electron chi connectivity index (χ3n) is 4.13. The highest BCUT2D eigenvalue weighted by Crippen LogP contribution is 2.19. The molecule has 0 aliphatic heterocycles. The molecule has 0 spiro atoms. The minimum absolute atomic E-state index is 0.0756. The highest BCUT2D eigenvalue weighted by atomic mass is 16.5. The summed E-state index contributed by atoms with van der Waals surface area (Å²) in [5.41, 5.74) is 1.25. The largest absolute Gasteiger partial charge is 0.494 e.